The zero-order valence-electron chi connectivity index (χ0n) is 11.0. The highest BCUT2D eigenvalue weighted by Gasteiger charge is 2.34. The highest BCUT2D eigenvalue weighted by molar-refractivity contribution is 7.80. The Hall–Kier alpha value is -1.49. The van der Waals surface area contributed by atoms with E-state index in [-0.39, 0.29) is 10.9 Å². The van der Waals surface area contributed by atoms with E-state index in [1.54, 1.807) is 24.9 Å². The summed E-state index contributed by atoms with van der Waals surface area (Å²) >= 11 is 4.95. The van der Waals surface area contributed by atoms with Crippen molar-refractivity contribution in [1.29, 1.82) is 0 Å². The van der Waals surface area contributed by atoms with Crippen molar-refractivity contribution in [1.82, 2.24) is 9.88 Å². The van der Waals surface area contributed by atoms with Gasteiger partial charge in [-0.25, -0.2) is 0 Å². The van der Waals surface area contributed by atoms with Crippen molar-refractivity contribution in [2.75, 3.05) is 6.54 Å². The van der Waals surface area contributed by atoms with Gasteiger partial charge in [0.1, 0.15) is 0 Å². The molecule has 0 radical (unpaired) electrons. The Balaban J connectivity index is 2.85. The van der Waals surface area contributed by atoms with E-state index in [4.69, 9.17) is 18.0 Å². The number of carbonyl (C=O) groups excluding carboxylic acids is 1. The van der Waals surface area contributed by atoms with E-state index in [2.05, 4.69) is 4.98 Å². The van der Waals surface area contributed by atoms with Crippen molar-refractivity contribution in [3.05, 3.63) is 30.1 Å². The molecule has 1 rings (SSSR count). The molecule has 0 aliphatic rings. The molecule has 0 unspecified atom stereocenters. The summed E-state index contributed by atoms with van der Waals surface area (Å²) < 4.78 is 0. The van der Waals surface area contributed by atoms with Gasteiger partial charge < -0.3 is 10.6 Å². The Morgan fingerprint density at radius 1 is 1.50 bits per heavy atom. The number of rotatable bonds is 5. The molecule has 18 heavy (non-hydrogen) atoms. The van der Waals surface area contributed by atoms with E-state index in [0.717, 1.165) is 5.69 Å². The van der Waals surface area contributed by atoms with E-state index < -0.39 is 5.41 Å². The van der Waals surface area contributed by atoms with E-state index in [1.807, 2.05) is 25.1 Å². The van der Waals surface area contributed by atoms with Crippen LogP contribution in [0.5, 0.6) is 0 Å². The van der Waals surface area contributed by atoms with Crippen LogP contribution in [0.15, 0.2) is 24.4 Å². The lowest BCUT2D eigenvalue weighted by molar-refractivity contribution is -0.137. The van der Waals surface area contributed by atoms with Crippen LogP contribution in [0.3, 0.4) is 0 Å². The Labute approximate surface area is 113 Å². The van der Waals surface area contributed by atoms with Crippen LogP contribution in [0.2, 0.25) is 0 Å². The minimum atomic E-state index is -0.819. The molecule has 0 atom stereocenters. The van der Waals surface area contributed by atoms with E-state index >= 15 is 0 Å². The number of hydrogen-bond donors (Lipinski definition) is 1. The molecular formula is C13H19N3OS. The van der Waals surface area contributed by atoms with Crippen molar-refractivity contribution >= 4 is 23.1 Å². The molecule has 0 aliphatic carbocycles. The molecule has 1 heterocycles. The first-order valence-corrected chi connectivity index (χ1v) is 6.29. The van der Waals surface area contributed by atoms with Crippen LogP contribution < -0.4 is 5.73 Å². The normalized spacial score (nSPS) is 11.1. The summed E-state index contributed by atoms with van der Waals surface area (Å²) in [4.78, 5) is 18.5. The predicted molar refractivity (Wildman–Crippen MR) is 75.9 cm³/mol. The average molecular weight is 265 g/mol. The number of nitrogens with zero attached hydrogens (tertiary/aromatic N) is 2. The van der Waals surface area contributed by atoms with Gasteiger partial charge in [-0.2, -0.15) is 0 Å². The van der Waals surface area contributed by atoms with Crippen LogP contribution in [0, 0.1) is 5.41 Å². The second kappa shape index (κ2) is 5.91. The third-order valence-electron chi connectivity index (χ3n) is 2.90. The van der Waals surface area contributed by atoms with Crippen LogP contribution in [0.1, 0.15) is 26.5 Å². The average Bonchev–Trinajstić information content (AvgIpc) is 2.36. The molecule has 0 aliphatic heterocycles. The van der Waals surface area contributed by atoms with Crippen LogP contribution in [-0.4, -0.2) is 27.3 Å². The van der Waals surface area contributed by atoms with Crippen molar-refractivity contribution < 1.29 is 4.79 Å². The van der Waals surface area contributed by atoms with Gasteiger partial charge in [0.15, 0.2) is 0 Å². The molecule has 98 valence electrons. The molecule has 4 nitrogen and oxygen atoms in total. The maximum atomic E-state index is 12.4. The summed E-state index contributed by atoms with van der Waals surface area (Å²) in [6.07, 6.45) is 1.71. The van der Waals surface area contributed by atoms with Crippen molar-refractivity contribution in [2.45, 2.75) is 27.3 Å². The quantitative estimate of drug-likeness (QED) is 0.824. The highest BCUT2D eigenvalue weighted by Crippen LogP contribution is 2.20. The number of pyridine rings is 1. The van der Waals surface area contributed by atoms with Crippen LogP contribution in [0.4, 0.5) is 0 Å². The number of aromatic nitrogens is 1. The third kappa shape index (κ3) is 3.26. The van der Waals surface area contributed by atoms with Gasteiger partial charge in [0, 0.05) is 12.7 Å². The van der Waals surface area contributed by atoms with Crippen LogP contribution in [0.25, 0.3) is 0 Å². The lowest BCUT2D eigenvalue weighted by atomic mass is 9.91. The summed E-state index contributed by atoms with van der Waals surface area (Å²) in [5.41, 5.74) is 5.66. The van der Waals surface area contributed by atoms with Gasteiger partial charge >= 0.3 is 0 Å². The lowest BCUT2D eigenvalue weighted by Gasteiger charge is -2.30. The van der Waals surface area contributed by atoms with Gasteiger partial charge in [-0.05, 0) is 32.9 Å². The summed E-state index contributed by atoms with van der Waals surface area (Å²) in [7, 11) is 0. The smallest absolute Gasteiger partial charge is 0.235 e. The second-order valence-corrected chi connectivity index (χ2v) is 5.07. The Morgan fingerprint density at radius 2 is 2.17 bits per heavy atom. The SMILES string of the molecule is CCN(Cc1ccccn1)C(=O)C(C)(C)C(N)=S. The standard InChI is InChI=1S/C13H19N3OS/c1-4-16(9-10-7-5-6-8-15-10)12(17)13(2,3)11(14)18/h5-8H,4,9H2,1-3H3,(H2,14,18). The second-order valence-electron chi connectivity index (χ2n) is 4.63. The zero-order valence-corrected chi connectivity index (χ0v) is 11.8. The predicted octanol–water partition coefficient (Wildman–Crippen LogP) is 1.74. The molecule has 2 N–H and O–H groups in total. The number of thiocarbonyl (C=S) groups is 1. The lowest BCUT2D eigenvalue weighted by Crippen LogP contribution is -2.46. The fourth-order valence-corrected chi connectivity index (χ4v) is 1.60. The number of nitrogens with two attached hydrogens (primary N) is 1. The Bertz CT molecular complexity index is 431. The molecule has 0 aromatic carbocycles. The molecule has 1 aromatic heterocycles. The monoisotopic (exact) mass is 265 g/mol. The summed E-state index contributed by atoms with van der Waals surface area (Å²) in [5.74, 6) is -0.0665. The van der Waals surface area contributed by atoms with Crippen molar-refractivity contribution in [3.63, 3.8) is 0 Å². The van der Waals surface area contributed by atoms with E-state index in [9.17, 15) is 4.79 Å². The number of carbonyl (C=O) groups is 1. The first-order chi connectivity index (χ1) is 8.39. The van der Waals surface area contributed by atoms with Crippen LogP contribution >= 0.6 is 12.2 Å². The molecule has 0 fully saturated rings. The third-order valence-corrected chi connectivity index (χ3v) is 3.41. The Kier molecular flexibility index (Phi) is 4.78. The summed E-state index contributed by atoms with van der Waals surface area (Å²) in [6, 6.07) is 5.64. The molecule has 5 heteroatoms. The van der Waals surface area contributed by atoms with Gasteiger partial charge in [-0.15, -0.1) is 0 Å². The minimum Gasteiger partial charge on any atom is -0.392 e. The number of amides is 1. The first kappa shape index (κ1) is 14.6. The minimum absolute atomic E-state index is 0.0665. The van der Waals surface area contributed by atoms with Crippen LogP contribution in [-0.2, 0) is 11.3 Å². The molecular weight excluding hydrogens is 246 g/mol. The van der Waals surface area contributed by atoms with Gasteiger partial charge in [0.05, 0.1) is 22.6 Å². The fourth-order valence-electron chi connectivity index (χ4n) is 1.52. The van der Waals surface area contributed by atoms with Gasteiger partial charge in [-0.1, -0.05) is 18.3 Å². The molecule has 1 amide bonds. The molecule has 0 saturated heterocycles. The van der Waals surface area contributed by atoms with Gasteiger partial charge in [-0.3, -0.25) is 9.78 Å². The van der Waals surface area contributed by atoms with Gasteiger partial charge in [0.2, 0.25) is 5.91 Å². The molecule has 1 aromatic rings. The highest BCUT2D eigenvalue weighted by atomic mass is 32.1. The first-order valence-electron chi connectivity index (χ1n) is 5.88. The van der Waals surface area contributed by atoms with E-state index in [1.165, 1.54) is 0 Å². The van der Waals surface area contributed by atoms with Crippen molar-refractivity contribution in [2.24, 2.45) is 11.1 Å². The molecule has 0 bridgehead atoms. The Morgan fingerprint density at radius 3 is 2.61 bits per heavy atom. The largest absolute Gasteiger partial charge is 0.392 e. The van der Waals surface area contributed by atoms with Crippen molar-refractivity contribution in [3.8, 4) is 0 Å². The maximum Gasteiger partial charge on any atom is 0.235 e. The molecule has 0 saturated carbocycles. The zero-order chi connectivity index (χ0) is 13.8. The maximum absolute atomic E-state index is 12.4. The van der Waals surface area contributed by atoms with Gasteiger partial charge in [0.25, 0.3) is 0 Å². The summed E-state index contributed by atoms with van der Waals surface area (Å²) in [5, 5.41) is 0. The fraction of sp³-hybridized carbons (Fsp3) is 0.462. The summed E-state index contributed by atoms with van der Waals surface area (Å²) in [6.45, 7) is 6.50. The topological polar surface area (TPSA) is 59.2 Å². The number of hydrogen-bond acceptors (Lipinski definition) is 3. The molecule has 0 spiro atoms. The van der Waals surface area contributed by atoms with E-state index in [0.29, 0.717) is 13.1 Å².